The van der Waals surface area contributed by atoms with Crippen molar-refractivity contribution in [2.75, 3.05) is 0 Å². The predicted molar refractivity (Wildman–Crippen MR) is 112 cm³/mol. The molecule has 4 aromatic rings. The van der Waals surface area contributed by atoms with Crippen molar-refractivity contribution in [1.82, 2.24) is 0 Å². The van der Waals surface area contributed by atoms with Crippen LogP contribution >= 0.6 is 0 Å². The molecule has 28 heavy (non-hydrogen) atoms. The molecular formula is C26H20F2. The van der Waals surface area contributed by atoms with E-state index >= 15 is 0 Å². The van der Waals surface area contributed by atoms with Crippen LogP contribution in [0.15, 0.2) is 84.9 Å². The second-order valence-electron chi connectivity index (χ2n) is 7.12. The summed E-state index contributed by atoms with van der Waals surface area (Å²) in [6, 6.07) is 26.0. The molecule has 2 heteroatoms. The van der Waals surface area contributed by atoms with Crippen molar-refractivity contribution in [3.63, 3.8) is 0 Å². The predicted octanol–water partition coefficient (Wildman–Crippen LogP) is 7.58. The van der Waals surface area contributed by atoms with Crippen LogP contribution in [-0.4, -0.2) is 0 Å². The Kier molecular flexibility index (Phi) is 4.79. The Labute approximate surface area is 164 Å². The van der Waals surface area contributed by atoms with Gasteiger partial charge in [0.15, 0.2) is 0 Å². The number of aryl methyl sites for hydroxylation is 2. The molecule has 4 aromatic carbocycles. The number of hydrogen-bond donors (Lipinski definition) is 0. The molecular weight excluding hydrogens is 350 g/mol. The summed E-state index contributed by atoms with van der Waals surface area (Å²) in [5, 5.41) is 0. The molecule has 0 bridgehead atoms. The minimum absolute atomic E-state index is 0.338. The Hall–Kier alpha value is -3.26. The second-order valence-corrected chi connectivity index (χ2v) is 7.12. The van der Waals surface area contributed by atoms with Crippen molar-refractivity contribution in [2.45, 2.75) is 13.8 Å². The van der Waals surface area contributed by atoms with Crippen molar-refractivity contribution < 1.29 is 8.78 Å². The number of rotatable bonds is 3. The Morgan fingerprint density at radius 3 is 1.46 bits per heavy atom. The van der Waals surface area contributed by atoms with Crippen LogP contribution in [0, 0.1) is 25.5 Å². The Balaban J connectivity index is 1.65. The van der Waals surface area contributed by atoms with Gasteiger partial charge in [0.05, 0.1) is 0 Å². The normalized spacial score (nSPS) is 10.9. The van der Waals surface area contributed by atoms with E-state index in [9.17, 15) is 8.78 Å². The third kappa shape index (κ3) is 3.59. The van der Waals surface area contributed by atoms with Gasteiger partial charge in [-0.15, -0.1) is 0 Å². The SMILES string of the molecule is Cc1ccc(-c2ccc(-c3ccc(-c4ccc(C)cc4F)cc3F)cc2)cc1. The fourth-order valence-corrected chi connectivity index (χ4v) is 3.36. The summed E-state index contributed by atoms with van der Waals surface area (Å²) in [7, 11) is 0. The molecule has 0 saturated carbocycles. The minimum Gasteiger partial charge on any atom is -0.206 e. The molecule has 0 amide bonds. The van der Waals surface area contributed by atoms with Gasteiger partial charge >= 0.3 is 0 Å². The zero-order chi connectivity index (χ0) is 19.7. The van der Waals surface area contributed by atoms with E-state index in [1.807, 2.05) is 37.3 Å². The van der Waals surface area contributed by atoms with Crippen LogP contribution in [0.4, 0.5) is 8.78 Å². The van der Waals surface area contributed by atoms with Crippen molar-refractivity contribution in [2.24, 2.45) is 0 Å². The molecule has 0 saturated heterocycles. The lowest BCUT2D eigenvalue weighted by atomic mass is 9.97. The van der Waals surface area contributed by atoms with E-state index < -0.39 is 0 Å². The average Bonchev–Trinajstić information content (AvgIpc) is 2.69. The highest BCUT2D eigenvalue weighted by Crippen LogP contribution is 2.31. The first-order valence-electron chi connectivity index (χ1n) is 9.25. The highest BCUT2D eigenvalue weighted by Gasteiger charge is 2.11. The zero-order valence-corrected chi connectivity index (χ0v) is 15.8. The summed E-state index contributed by atoms with van der Waals surface area (Å²) in [6.45, 7) is 3.89. The lowest BCUT2D eigenvalue weighted by molar-refractivity contribution is 0.626. The van der Waals surface area contributed by atoms with Crippen molar-refractivity contribution in [3.05, 3.63) is 108 Å². The van der Waals surface area contributed by atoms with Gasteiger partial charge in [0.1, 0.15) is 11.6 Å². The van der Waals surface area contributed by atoms with Crippen LogP contribution < -0.4 is 0 Å². The molecule has 138 valence electrons. The van der Waals surface area contributed by atoms with Gasteiger partial charge in [0.25, 0.3) is 0 Å². The summed E-state index contributed by atoms with van der Waals surface area (Å²) in [5.41, 5.74) is 6.52. The summed E-state index contributed by atoms with van der Waals surface area (Å²) in [6.07, 6.45) is 0. The lowest BCUT2D eigenvalue weighted by Gasteiger charge is -2.09. The first kappa shape index (κ1) is 18.1. The van der Waals surface area contributed by atoms with E-state index in [4.69, 9.17) is 0 Å². The van der Waals surface area contributed by atoms with Crippen LogP contribution in [0.1, 0.15) is 11.1 Å². The highest BCUT2D eigenvalue weighted by atomic mass is 19.1. The van der Waals surface area contributed by atoms with E-state index in [1.54, 1.807) is 18.2 Å². The van der Waals surface area contributed by atoms with E-state index in [-0.39, 0.29) is 11.6 Å². The van der Waals surface area contributed by atoms with Crippen LogP contribution in [0.2, 0.25) is 0 Å². The summed E-state index contributed by atoms with van der Waals surface area (Å²) in [4.78, 5) is 0. The molecule has 0 aliphatic rings. The fraction of sp³-hybridized carbons (Fsp3) is 0.0769. The largest absolute Gasteiger partial charge is 0.206 e. The molecule has 0 unspecified atom stereocenters. The lowest BCUT2D eigenvalue weighted by Crippen LogP contribution is -1.90. The quantitative estimate of drug-likeness (QED) is 0.349. The minimum atomic E-state index is -0.361. The maximum absolute atomic E-state index is 14.8. The topological polar surface area (TPSA) is 0 Å². The Morgan fingerprint density at radius 2 is 0.857 bits per heavy atom. The standard InChI is InChI=1S/C26H20F2/c1-17-3-6-19(7-4-17)20-8-10-21(11-9-20)23-14-12-22(16-26(23)28)24-13-5-18(2)15-25(24)27/h3-16H,1-2H3. The maximum Gasteiger partial charge on any atom is 0.131 e. The monoisotopic (exact) mass is 370 g/mol. The molecule has 0 fully saturated rings. The van der Waals surface area contributed by atoms with Gasteiger partial charge in [-0.25, -0.2) is 8.78 Å². The molecule has 4 rings (SSSR count). The maximum atomic E-state index is 14.8. The molecule has 0 nitrogen and oxygen atoms in total. The molecule has 0 radical (unpaired) electrons. The van der Waals surface area contributed by atoms with Gasteiger partial charge in [-0.05, 0) is 53.8 Å². The van der Waals surface area contributed by atoms with Crippen molar-refractivity contribution in [3.8, 4) is 33.4 Å². The average molecular weight is 370 g/mol. The molecule has 0 heterocycles. The first-order valence-corrected chi connectivity index (χ1v) is 9.25. The highest BCUT2D eigenvalue weighted by molar-refractivity contribution is 5.74. The van der Waals surface area contributed by atoms with E-state index in [0.717, 1.165) is 22.3 Å². The van der Waals surface area contributed by atoms with Gasteiger partial charge in [-0.3, -0.25) is 0 Å². The van der Waals surface area contributed by atoms with Gasteiger partial charge < -0.3 is 0 Å². The third-order valence-electron chi connectivity index (χ3n) is 4.99. The van der Waals surface area contributed by atoms with E-state index in [1.165, 1.54) is 17.7 Å². The molecule has 0 N–H and O–H groups in total. The van der Waals surface area contributed by atoms with Crippen molar-refractivity contribution in [1.29, 1.82) is 0 Å². The first-order chi connectivity index (χ1) is 13.5. The third-order valence-corrected chi connectivity index (χ3v) is 4.99. The van der Waals surface area contributed by atoms with Gasteiger partial charge in [-0.2, -0.15) is 0 Å². The molecule has 0 atom stereocenters. The molecule has 0 aliphatic heterocycles. The van der Waals surface area contributed by atoms with Crippen molar-refractivity contribution >= 4 is 0 Å². The summed E-state index contributed by atoms with van der Waals surface area (Å²) in [5.74, 6) is -0.699. The number of benzene rings is 4. The van der Waals surface area contributed by atoms with Crippen LogP contribution in [-0.2, 0) is 0 Å². The molecule has 0 aliphatic carbocycles. The number of halogens is 2. The Bertz CT molecular complexity index is 1120. The molecule has 0 spiro atoms. The zero-order valence-electron chi connectivity index (χ0n) is 15.8. The van der Waals surface area contributed by atoms with Gasteiger partial charge in [0.2, 0.25) is 0 Å². The van der Waals surface area contributed by atoms with Gasteiger partial charge in [0, 0.05) is 11.1 Å². The smallest absolute Gasteiger partial charge is 0.131 e. The summed E-state index contributed by atoms with van der Waals surface area (Å²) >= 11 is 0. The molecule has 0 aromatic heterocycles. The second kappa shape index (κ2) is 7.40. The van der Waals surface area contributed by atoms with E-state index in [0.29, 0.717) is 16.7 Å². The van der Waals surface area contributed by atoms with Crippen LogP contribution in [0.25, 0.3) is 33.4 Å². The van der Waals surface area contributed by atoms with Crippen LogP contribution in [0.5, 0.6) is 0 Å². The Morgan fingerprint density at radius 1 is 0.429 bits per heavy atom. The fourth-order valence-electron chi connectivity index (χ4n) is 3.36. The van der Waals surface area contributed by atoms with E-state index in [2.05, 4.69) is 31.2 Å². The van der Waals surface area contributed by atoms with Crippen LogP contribution in [0.3, 0.4) is 0 Å². The summed E-state index contributed by atoms with van der Waals surface area (Å²) < 4.78 is 29.0. The van der Waals surface area contributed by atoms with Gasteiger partial charge in [-0.1, -0.05) is 78.4 Å². The number of hydrogen-bond acceptors (Lipinski definition) is 0.